The second kappa shape index (κ2) is 6.64. The Morgan fingerprint density at radius 2 is 1.61 bits per heavy atom. The van der Waals surface area contributed by atoms with Crippen molar-refractivity contribution in [2.75, 3.05) is 0 Å². The third-order valence-corrected chi connectivity index (χ3v) is 2.68. The number of terminal acetylenes is 1. The van der Waals surface area contributed by atoms with Crippen molar-refractivity contribution in [1.82, 2.24) is 0 Å². The first kappa shape index (κ1) is 14.0. The summed E-state index contributed by atoms with van der Waals surface area (Å²) in [6, 6.07) is 15.2. The van der Waals surface area contributed by atoms with Gasteiger partial charge in [-0.15, -0.1) is 12.8 Å². The molecular formula is C16H13ClO. The third kappa shape index (κ3) is 3.48. The number of carbonyl (C=O) groups excluding carboxylic acids is 1. The summed E-state index contributed by atoms with van der Waals surface area (Å²) < 4.78 is 0. The Kier molecular flexibility index (Phi) is 5.17. The zero-order chi connectivity index (χ0) is 13.5. The number of halogens is 1. The molecule has 0 spiro atoms. The van der Waals surface area contributed by atoms with Crippen molar-refractivity contribution in [2.24, 2.45) is 0 Å². The van der Waals surface area contributed by atoms with Gasteiger partial charge in [-0.2, -0.15) is 0 Å². The van der Waals surface area contributed by atoms with Crippen LogP contribution in [-0.2, 0) is 0 Å². The fourth-order valence-corrected chi connectivity index (χ4v) is 1.76. The van der Waals surface area contributed by atoms with Crippen LogP contribution in [0.25, 0.3) is 11.1 Å². The molecule has 0 bridgehead atoms. The molecule has 90 valence electrons. The van der Waals surface area contributed by atoms with Gasteiger partial charge in [-0.05, 0) is 30.2 Å². The van der Waals surface area contributed by atoms with Crippen molar-refractivity contribution in [2.45, 2.75) is 6.92 Å². The number of carbonyl (C=O) groups is 1. The number of hydrogen-bond acceptors (Lipinski definition) is 1. The summed E-state index contributed by atoms with van der Waals surface area (Å²) in [7, 11) is 0. The normalized spacial score (nSPS) is 9.11. The van der Waals surface area contributed by atoms with E-state index in [1.165, 1.54) is 0 Å². The molecule has 0 N–H and O–H groups in total. The highest BCUT2D eigenvalue weighted by molar-refractivity contribution is 6.30. The lowest BCUT2D eigenvalue weighted by Gasteiger charge is -2.03. The van der Waals surface area contributed by atoms with Crippen LogP contribution in [0.15, 0.2) is 48.5 Å². The Morgan fingerprint density at radius 3 is 2.11 bits per heavy atom. The van der Waals surface area contributed by atoms with Gasteiger partial charge in [0.1, 0.15) is 0 Å². The number of Topliss-reactive ketones (excluding diaryl/α,β-unsaturated/α-hetero) is 1. The highest BCUT2D eigenvalue weighted by atomic mass is 35.5. The van der Waals surface area contributed by atoms with Gasteiger partial charge in [0, 0.05) is 10.6 Å². The first-order valence-electron chi connectivity index (χ1n) is 5.37. The van der Waals surface area contributed by atoms with Gasteiger partial charge in [0.15, 0.2) is 5.78 Å². The monoisotopic (exact) mass is 256 g/mol. The van der Waals surface area contributed by atoms with Gasteiger partial charge in [-0.3, -0.25) is 4.79 Å². The molecule has 0 amide bonds. The van der Waals surface area contributed by atoms with Crippen molar-refractivity contribution < 1.29 is 4.79 Å². The average molecular weight is 257 g/mol. The third-order valence-electron chi connectivity index (χ3n) is 2.45. The molecule has 0 heterocycles. The molecule has 2 rings (SSSR count). The summed E-state index contributed by atoms with van der Waals surface area (Å²) in [5, 5.41) is 0.716. The molecule has 0 saturated carbocycles. The molecule has 0 aromatic heterocycles. The Bertz CT molecular complexity index is 553. The fraction of sp³-hybridized carbons (Fsp3) is 0.0625. The molecule has 0 atom stereocenters. The highest BCUT2D eigenvalue weighted by Crippen LogP contribution is 2.22. The van der Waals surface area contributed by atoms with Crippen LogP contribution in [0.5, 0.6) is 0 Å². The number of ketones is 1. The van der Waals surface area contributed by atoms with E-state index < -0.39 is 0 Å². The first-order chi connectivity index (χ1) is 8.66. The topological polar surface area (TPSA) is 17.1 Å². The number of hydrogen-bond donors (Lipinski definition) is 0. The summed E-state index contributed by atoms with van der Waals surface area (Å²) >= 11 is 5.92. The second-order valence-electron chi connectivity index (χ2n) is 3.64. The van der Waals surface area contributed by atoms with E-state index in [2.05, 4.69) is 12.8 Å². The van der Waals surface area contributed by atoms with Crippen LogP contribution in [0.4, 0.5) is 0 Å². The van der Waals surface area contributed by atoms with Gasteiger partial charge in [0.2, 0.25) is 0 Å². The van der Waals surface area contributed by atoms with E-state index in [9.17, 15) is 4.79 Å². The van der Waals surface area contributed by atoms with Crippen LogP contribution >= 0.6 is 11.6 Å². The van der Waals surface area contributed by atoms with E-state index in [1.54, 1.807) is 6.92 Å². The molecule has 1 nitrogen and oxygen atoms in total. The molecular weight excluding hydrogens is 244 g/mol. The zero-order valence-electron chi connectivity index (χ0n) is 10.1. The van der Waals surface area contributed by atoms with E-state index in [0.717, 1.165) is 16.7 Å². The second-order valence-corrected chi connectivity index (χ2v) is 4.08. The SMILES string of the molecule is C#C.CC(=O)c1ccc(-c2cccc(Cl)c2)cc1. The summed E-state index contributed by atoms with van der Waals surface area (Å²) in [4.78, 5) is 11.1. The zero-order valence-corrected chi connectivity index (χ0v) is 10.8. The largest absolute Gasteiger partial charge is 0.295 e. The average Bonchev–Trinajstić information content (AvgIpc) is 2.41. The predicted molar refractivity (Wildman–Crippen MR) is 76.8 cm³/mol. The molecule has 0 unspecified atom stereocenters. The molecule has 2 aromatic carbocycles. The van der Waals surface area contributed by atoms with Gasteiger partial charge in [-0.25, -0.2) is 0 Å². The molecule has 0 radical (unpaired) electrons. The van der Waals surface area contributed by atoms with Crippen LogP contribution in [0.2, 0.25) is 5.02 Å². The van der Waals surface area contributed by atoms with Gasteiger partial charge in [0.25, 0.3) is 0 Å². The highest BCUT2D eigenvalue weighted by Gasteiger charge is 2.01. The van der Waals surface area contributed by atoms with Crippen LogP contribution < -0.4 is 0 Å². The van der Waals surface area contributed by atoms with E-state index in [0.29, 0.717) is 5.02 Å². The van der Waals surface area contributed by atoms with Crippen molar-refractivity contribution >= 4 is 17.4 Å². The summed E-state index contributed by atoms with van der Waals surface area (Å²) in [6.45, 7) is 1.56. The van der Waals surface area contributed by atoms with E-state index in [1.807, 2.05) is 48.5 Å². The Hall–Kier alpha value is -2.04. The van der Waals surface area contributed by atoms with E-state index in [-0.39, 0.29) is 5.78 Å². The molecule has 0 aliphatic heterocycles. The van der Waals surface area contributed by atoms with E-state index in [4.69, 9.17) is 11.6 Å². The van der Waals surface area contributed by atoms with Gasteiger partial charge in [0.05, 0.1) is 0 Å². The lowest BCUT2D eigenvalue weighted by molar-refractivity contribution is 0.101. The lowest BCUT2D eigenvalue weighted by atomic mass is 10.0. The maximum atomic E-state index is 11.1. The Morgan fingerprint density at radius 1 is 1.00 bits per heavy atom. The van der Waals surface area contributed by atoms with Crippen molar-refractivity contribution in [3.05, 3.63) is 59.1 Å². The van der Waals surface area contributed by atoms with Crippen LogP contribution in [0.1, 0.15) is 17.3 Å². The lowest BCUT2D eigenvalue weighted by Crippen LogP contribution is -1.90. The molecule has 2 aromatic rings. The van der Waals surface area contributed by atoms with E-state index >= 15 is 0 Å². The fourth-order valence-electron chi connectivity index (χ4n) is 1.57. The first-order valence-corrected chi connectivity index (χ1v) is 5.75. The van der Waals surface area contributed by atoms with Crippen molar-refractivity contribution in [3.63, 3.8) is 0 Å². The molecule has 0 fully saturated rings. The maximum absolute atomic E-state index is 11.1. The summed E-state index contributed by atoms with van der Waals surface area (Å²) in [5.74, 6) is 0.0812. The van der Waals surface area contributed by atoms with Gasteiger partial charge in [-0.1, -0.05) is 48.0 Å². The van der Waals surface area contributed by atoms with Gasteiger partial charge >= 0.3 is 0 Å². The van der Waals surface area contributed by atoms with Crippen molar-refractivity contribution in [1.29, 1.82) is 0 Å². The Balaban J connectivity index is 0.000000771. The van der Waals surface area contributed by atoms with Crippen LogP contribution in [0.3, 0.4) is 0 Å². The van der Waals surface area contributed by atoms with Crippen molar-refractivity contribution in [3.8, 4) is 24.0 Å². The minimum atomic E-state index is 0.0812. The smallest absolute Gasteiger partial charge is 0.159 e. The minimum absolute atomic E-state index is 0.0812. The van der Waals surface area contributed by atoms with Gasteiger partial charge < -0.3 is 0 Å². The summed E-state index contributed by atoms with van der Waals surface area (Å²) in [6.07, 6.45) is 8.00. The quantitative estimate of drug-likeness (QED) is 0.573. The number of rotatable bonds is 2. The minimum Gasteiger partial charge on any atom is -0.295 e. The standard InChI is InChI=1S/C14H11ClO.C2H2/c1-10(16)11-5-7-12(8-6-11)13-3-2-4-14(15)9-13;1-2/h2-9H,1H3;1-2H. The molecule has 0 aliphatic rings. The predicted octanol–water partition coefficient (Wildman–Crippen LogP) is 4.46. The van der Waals surface area contributed by atoms with Crippen LogP contribution in [0, 0.1) is 12.8 Å². The summed E-state index contributed by atoms with van der Waals surface area (Å²) in [5.41, 5.74) is 2.85. The molecule has 2 heteroatoms. The Labute approximate surface area is 112 Å². The number of benzene rings is 2. The molecule has 0 saturated heterocycles. The van der Waals surface area contributed by atoms with Crippen LogP contribution in [-0.4, -0.2) is 5.78 Å². The molecule has 18 heavy (non-hydrogen) atoms. The molecule has 0 aliphatic carbocycles. The maximum Gasteiger partial charge on any atom is 0.159 e.